The Bertz CT molecular complexity index is 430. The summed E-state index contributed by atoms with van der Waals surface area (Å²) in [5.41, 5.74) is 6.55. The summed E-state index contributed by atoms with van der Waals surface area (Å²) in [5, 5.41) is 2.86. The number of ether oxygens (including phenoxy) is 1. The lowest BCUT2D eigenvalue weighted by Crippen LogP contribution is -2.45. The van der Waals surface area contributed by atoms with E-state index >= 15 is 0 Å². The molecule has 1 atom stereocenters. The molecule has 1 amide bonds. The van der Waals surface area contributed by atoms with Crippen LogP contribution in [0.3, 0.4) is 0 Å². The second kappa shape index (κ2) is 8.12. The van der Waals surface area contributed by atoms with E-state index < -0.39 is 0 Å². The molecular formula is C15H25ClN2O2. The minimum absolute atomic E-state index is 0. The highest BCUT2D eigenvalue weighted by Gasteiger charge is 2.15. The van der Waals surface area contributed by atoms with Crippen molar-refractivity contribution < 1.29 is 9.53 Å². The van der Waals surface area contributed by atoms with Gasteiger partial charge in [-0.3, -0.25) is 4.79 Å². The number of carbonyl (C=O) groups is 1. The second-order valence-electron chi connectivity index (χ2n) is 5.65. The van der Waals surface area contributed by atoms with Crippen LogP contribution in [-0.4, -0.2) is 25.1 Å². The van der Waals surface area contributed by atoms with Crippen molar-refractivity contribution in [3.63, 3.8) is 0 Å². The SMILES string of the molecule is COc1cccc(C(C)CC(=O)NCC(C)(C)N)c1.Cl. The van der Waals surface area contributed by atoms with E-state index in [1.165, 1.54) is 0 Å². The topological polar surface area (TPSA) is 64.3 Å². The summed E-state index contributed by atoms with van der Waals surface area (Å²) in [5.74, 6) is 0.984. The highest BCUT2D eigenvalue weighted by atomic mass is 35.5. The highest BCUT2D eigenvalue weighted by molar-refractivity contribution is 5.85. The van der Waals surface area contributed by atoms with Crippen LogP contribution in [0.2, 0.25) is 0 Å². The quantitative estimate of drug-likeness (QED) is 0.848. The van der Waals surface area contributed by atoms with Crippen LogP contribution in [0.4, 0.5) is 0 Å². The number of hydrogen-bond donors (Lipinski definition) is 2. The van der Waals surface area contributed by atoms with E-state index in [0.717, 1.165) is 11.3 Å². The van der Waals surface area contributed by atoms with E-state index in [-0.39, 0.29) is 29.8 Å². The number of nitrogens with two attached hydrogens (primary N) is 1. The van der Waals surface area contributed by atoms with Gasteiger partial charge in [0.25, 0.3) is 0 Å². The van der Waals surface area contributed by atoms with Gasteiger partial charge in [-0.25, -0.2) is 0 Å². The monoisotopic (exact) mass is 300 g/mol. The Morgan fingerprint density at radius 1 is 1.45 bits per heavy atom. The Kier molecular flexibility index (Phi) is 7.61. The molecule has 3 N–H and O–H groups in total. The van der Waals surface area contributed by atoms with Gasteiger partial charge in [-0.15, -0.1) is 12.4 Å². The first kappa shape index (κ1) is 18.7. The fourth-order valence-electron chi connectivity index (χ4n) is 1.74. The maximum Gasteiger partial charge on any atom is 0.220 e. The van der Waals surface area contributed by atoms with Crippen molar-refractivity contribution in [2.24, 2.45) is 5.73 Å². The Morgan fingerprint density at radius 3 is 2.65 bits per heavy atom. The molecule has 0 aliphatic heterocycles. The fraction of sp³-hybridized carbons (Fsp3) is 0.533. The third-order valence-electron chi connectivity index (χ3n) is 2.90. The zero-order valence-corrected chi connectivity index (χ0v) is 13.4. The van der Waals surface area contributed by atoms with E-state index in [0.29, 0.717) is 13.0 Å². The molecule has 114 valence electrons. The van der Waals surface area contributed by atoms with Crippen LogP contribution in [0, 0.1) is 0 Å². The third kappa shape index (κ3) is 6.78. The third-order valence-corrected chi connectivity index (χ3v) is 2.90. The molecule has 1 aromatic rings. The molecule has 0 heterocycles. The average molecular weight is 301 g/mol. The first-order chi connectivity index (χ1) is 8.81. The normalized spacial score (nSPS) is 12.2. The Balaban J connectivity index is 0.00000361. The van der Waals surface area contributed by atoms with Crippen LogP contribution in [-0.2, 0) is 4.79 Å². The zero-order chi connectivity index (χ0) is 14.5. The molecule has 0 fully saturated rings. The van der Waals surface area contributed by atoms with Crippen LogP contribution < -0.4 is 15.8 Å². The molecule has 0 radical (unpaired) electrons. The summed E-state index contributed by atoms with van der Waals surface area (Å²) in [6, 6.07) is 7.80. The molecule has 0 saturated carbocycles. The Hall–Kier alpha value is -1.26. The van der Waals surface area contributed by atoms with Crippen molar-refractivity contribution in [3.8, 4) is 5.75 Å². The van der Waals surface area contributed by atoms with Gasteiger partial charge in [-0.05, 0) is 37.5 Å². The first-order valence-electron chi connectivity index (χ1n) is 6.51. The zero-order valence-electron chi connectivity index (χ0n) is 12.6. The lowest BCUT2D eigenvalue weighted by atomic mass is 9.97. The van der Waals surface area contributed by atoms with Gasteiger partial charge in [0, 0.05) is 18.5 Å². The average Bonchev–Trinajstić information content (AvgIpc) is 2.35. The van der Waals surface area contributed by atoms with Crippen molar-refractivity contribution in [2.75, 3.05) is 13.7 Å². The van der Waals surface area contributed by atoms with Crippen LogP contribution in [0.5, 0.6) is 5.75 Å². The van der Waals surface area contributed by atoms with E-state index in [9.17, 15) is 4.79 Å². The Labute approximate surface area is 127 Å². The van der Waals surface area contributed by atoms with Crippen LogP contribution in [0.1, 0.15) is 38.7 Å². The molecule has 0 aliphatic rings. The van der Waals surface area contributed by atoms with Gasteiger partial charge in [0.1, 0.15) is 5.75 Å². The van der Waals surface area contributed by atoms with Crippen LogP contribution >= 0.6 is 12.4 Å². The molecule has 0 bridgehead atoms. The van der Waals surface area contributed by atoms with Gasteiger partial charge in [0.05, 0.1) is 7.11 Å². The molecule has 0 aliphatic carbocycles. The van der Waals surface area contributed by atoms with Crippen molar-refractivity contribution in [2.45, 2.75) is 38.6 Å². The number of hydrogen-bond acceptors (Lipinski definition) is 3. The minimum atomic E-state index is -0.380. The molecule has 4 nitrogen and oxygen atoms in total. The van der Waals surface area contributed by atoms with Gasteiger partial charge >= 0.3 is 0 Å². The van der Waals surface area contributed by atoms with Crippen molar-refractivity contribution in [1.82, 2.24) is 5.32 Å². The molecule has 0 saturated heterocycles. The molecule has 5 heteroatoms. The number of nitrogens with one attached hydrogen (secondary N) is 1. The van der Waals surface area contributed by atoms with Gasteiger partial charge in [-0.2, -0.15) is 0 Å². The van der Waals surface area contributed by atoms with Crippen molar-refractivity contribution >= 4 is 18.3 Å². The highest BCUT2D eigenvalue weighted by Crippen LogP contribution is 2.22. The number of amides is 1. The standard InChI is InChI=1S/C15H24N2O2.ClH/c1-11(8-14(18)17-10-15(2,3)16)12-6-5-7-13(9-12)19-4;/h5-7,9,11H,8,10,16H2,1-4H3,(H,17,18);1H. The van der Waals surface area contributed by atoms with E-state index in [1.807, 2.05) is 45.0 Å². The summed E-state index contributed by atoms with van der Waals surface area (Å²) in [6.07, 6.45) is 0.448. The molecule has 0 aromatic heterocycles. The molecule has 1 rings (SSSR count). The number of methoxy groups -OCH3 is 1. The van der Waals surface area contributed by atoms with Crippen LogP contribution in [0.15, 0.2) is 24.3 Å². The second-order valence-corrected chi connectivity index (χ2v) is 5.65. The summed E-state index contributed by atoms with van der Waals surface area (Å²) >= 11 is 0. The lowest BCUT2D eigenvalue weighted by molar-refractivity contribution is -0.121. The van der Waals surface area contributed by atoms with Crippen molar-refractivity contribution in [3.05, 3.63) is 29.8 Å². The predicted molar refractivity (Wildman–Crippen MR) is 84.6 cm³/mol. The number of carbonyl (C=O) groups excluding carboxylic acids is 1. The maximum atomic E-state index is 11.8. The van der Waals surface area contributed by atoms with E-state index in [1.54, 1.807) is 7.11 Å². The maximum absolute atomic E-state index is 11.8. The predicted octanol–water partition coefficient (Wildman–Crippen LogP) is 2.46. The lowest BCUT2D eigenvalue weighted by Gasteiger charge is -2.20. The Morgan fingerprint density at radius 2 is 2.10 bits per heavy atom. The summed E-state index contributed by atoms with van der Waals surface area (Å²) in [7, 11) is 1.64. The van der Waals surface area contributed by atoms with Crippen LogP contribution in [0.25, 0.3) is 0 Å². The molecule has 0 spiro atoms. The number of benzene rings is 1. The largest absolute Gasteiger partial charge is 0.497 e. The molecule has 1 unspecified atom stereocenters. The van der Waals surface area contributed by atoms with Gasteiger partial charge < -0.3 is 15.8 Å². The number of halogens is 1. The van der Waals surface area contributed by atoms with Gasteiger partial charge in [-0.1, -0.05) is 19.1 Å². The minimum Gasteiger partial charge on any atom is -0.497 e. The smallest absolute Gasteiger partial charge is 0.220 e. The van der Waals surface area contributed by atoms with Crippen molar-refractivity contribution in [1.29, 1.82) is 0 Å². The first-order valence-corrected chi connectivity index (χ1v) is 6.51. The van der Waals surface area contributed by atoms with E-state index in [2.05, 4.69) is 5.32 Å². The summed E-state index contributed by atoms with van der Waals surface area (Å²) in [6.45, 7) is 6.29. The summed E-state index contributed by atoms with van der Waals surface area (Å²) in [4.78, 5) is 11.8. The molecule has 1 aromatic carbocycles. The summed E-state index contributed by atoms with van der Waals surface area (Å²) < 4.78 is 5.19. The van der Waals surface area contributed by atoms with Gasteiger partial charge in [0.15, 0.2) is 0 Å². The molecular weight excluding hydrogens is 276 g/mol. The fourth-order valence-corrected chi connectivity index (χ4v) is 1.74. The van der Waals surface area contributed by atoms with E-state index in [4.69, 9.17) is 10.5 Å². The van der Waals surface area contributed by atoms with Gasteiger partial charge in [0.2, 0.25) is 5.91 Å². The number of rotatable bonds is 6. The molecule has 20 heavy (non-hydrogen) atoms.